The summed E-state index contributed by atoms with van der Waals surface area (Å²) in [6, 6.07) is 23.1. The minimum absolute atomic E-state index is 0.524. The van der Waals surface area contributed by atoms with Crippen molar-refractivity contribution in [3.63, 3.8) is 0 Å². The van der Waals surface area contributed by atoms with Crippen LogP contribution in [0.1, 0.15) is 32.1 Å². The number of benzene rings is 2. The second-order valence-electron chi connectivity index (χ2n) is 6.67. The molecule has 0 radical (unpaired) electrons. The lowest BCUT2D eigenvalue weighted by atomic mass is 9.95. The van der Waals surface area contributed by atoms with E-state index in [1.54, 1.807) is 0 Å². The first-order valence-corrected chi connectivity index (χ1v) is 9.15. The molecule has 1 N–H and O–H groups in total. The quantitative estimate of drug-likeness (QED) is 0.681. The second-order valence-corrected chi connectivity index (χ2v) is 6.67. The molecule has 3 heteroatoms. The fourth-order valence-corrected chi connectivity index (χ4v) is 3.45. The lowest BCUT2D eigenvalue weighted by Crippen LogP contribution is -2.23. The van der Waals surface area contributed by atoms with Crippen LogP contribution in [-0.2, 0) is 0 Å². The molecule has 3 aromatic rings. The van der Waals surface area contributed by atoms with E-state index in [-0.39, 0.29) is 0 Å². The first kappa shape index (κ1) is 15.8. The number of hydrogen-bond donors (Lipinski definition) is 1. The first-order chi connectivity index (χ1) is 12.4. The van der Waals surface area contributed by atoms with Gasteiger partial charge in [-0.1, -0.05) is 79.9 Å². The molecule has 0 unspecified atom stereocenters. The molecule has 1 aliphatic rings. The van der Waals surface area contributed by atoms with Crippen LogP contribution in [0.5, 0.6) is 0 Å². The SMILES string of the molecule is c1ccc(-c2cc(NC3CCCCC3)nc(-c3ccccc3)n2)cc1. The van der Waals surface area contributed by atoms with E-state index in [1.807, 2.05) is 36.4 Å². The van der Waals surface area contributed by atoms with E-state index < -0.39 is 0 Å². The maximum absolute atomic E-state index is 4.82. The van der Waals surface area contributed by atoms with E-state index in [4.69, 9.17) is 9.97 Å². The van der Waals surface area contributed by atoms with Crippen molar-refractivity contribution in [3.8, 4) is 22.6 Å². The van der Waals surface area contributed by atoms with E-state index in [2.05, 4.69) is 35.6 Å². The van der Waals surface area contributed by atoms with Gasteiger partial charge in [-0.2, -0.15) is 0 Å². The number of rotatable bonds is 4. The van der Waals surface area contributed by atoms with Gasteiger partial charge in [0.15, 0.2) is 5.82 Å². The Hall–Kier alpha value is -2.68. The van der Waals surface area contributed by atoms with Gasteiger partial charge in [-0.25, -0.2) is 9.97 Å². The highest BCUT2D eigenvalue weighted by atomic mass is 15.1. The Labute approximate surface area is 149 Å². The molecular weight excluding hydrogens is 306 g/mol. The molecule has 0 amide bonds. The molecule has 25 heavy (non-hydrogen) atoms. The third kappa shape index (κ3) is 3.87. The van der Waals surface area contributed by atoms with Gasteiger partial charge in [-0.15, -0.1) is 0 Å². The molecule has 2 aromatic carbocycles. The van der Waals surface area contributed by atoms with E-state index in [1.165, 1.54) is 32.1 Å². The lowest BCUT2D eigenvalue weighted by Gasteiger charge is -2.23. The molecule has 1 heterocycles. The number of hydrogen-bond acceptors (Lipinski definition) is 3. The summed E-state index contributed by atoms with van der Waals surface area (Å²) < 4.78 is 0. The van der Waals surface area contributed by atoms with Gasteiger partial charge in [0.05, 0.1) is 5.69 Å². The highest BCUT2D eigenvalue weighted by Crippen LogP contribution is 2.26. The summed E-state index contributed by atoms with van der Waals surface area (Å²) in [7, 11) is 0. The Morgan fingerprint density at radius 1 is 0.720 bits per heavy atom. The smallest absolute Gasteiger partial charge is 0.162 e. The maximum atomic E-state index is 4.82. The van der Waals surface area contributed by atoms with Crippen LogP contribution in [0.25, 0.3) is 22.6 Å². The summed E-state index contributed by atoms with van der Waals surface area (Å²) in [6.07, 6.45) is 6.42. The van der Waals surface area contributed by atoms with Crippen molar-refractivity contribution in [1.82, 2.24) is 9.97 Å². The zero-order chi connectivity index (χ0) is 16.9. The van der Waals surface area contributed by atoms with Gasteiger partial charge in [0.25, 0.3) is 0 Å². The van der Waals surface area contributed by atoms with Gasteiger partial charge in [-0.05, 0) is 12.8 Å². The van der Waals surface area contributed by atoms with Gasteiger partial charge in [0.2, 0.25) is 0 Å². The summed E-state index contributed by atoms with van der Waals surface area (Å²) in [6.45, 7) is 0. The van der Waals surface area contributed by atoms with Crippen molar-refractivity contribution in [2.45, 2.75) is 38.1 Å². The molecule has 0 atom stereocenters. The van der Waals surface area contributed by atoms with Crippen LogP contribution in [0.15, 0.2) is 66.7 Å². The summed E-state index contributed by atoms with van der Waals surface area (Å²) in [4.78, 5) is 9.62. The molecule has 1 aliphatic carbocycles. The highest BCUT2D eigenvalue weighted by molar-refractivity contribution is 5.67. The Morgan fingerprint density at radius 3 is 2.04 bits per heavy atom. The zero-order valence-electron chi connectivity index (χ0n) is 14.4. The fourth-order valence-electron chi connectivity index (χ4n) is 3.45. The van der Waals surface area contributed by atoms with Crippen molar-refractivity contribution in [3.05, 3.63) is 66.7 Å². The molecule has 0 saturated heterocycles. The van der Waals surface area contributed by atoms with Gasteiger partial charge < -0.3 is 5.32 Å². The molecule has 0 bridgehead atoms. The third-order valence-corrected chi connectivity index (χ3v) is 4.78. The van der Waals surface area contributed by atoms with E-state index in [0.717, 1.165) is 28.5 Å². The Kier molecular flexibility index (Phi) is 4.73. The fraction of sp³-hybridized carbons (Fsp3) is 0.273. The standard InChI is InChI=1S/C22H23N3/c1-4-10-17(11-5-1)20-16-21(23-19-14-8-3-9-15-19)25-22(24-20)18-12-6-2-7-13-18/h1-2,4-7,10-13,16,19H,3,8-9,14-15H2,(H,23,24,25). The van der Waals surface area contributed by atoms with Crippen LogP contribution in [0.4, 0.5) is 5.82 Å². The van der Waals surface area contributed by atoms with Gasteiger partial charge >= 0.3 is 0 Å². The highest BCUT2D eigenvalue weighted by Gasteiger charge is 2.15. The molecular formula is C22H23N3. The minimum Gasteiger partial charge on any atom is -0.367 e. The summed E-state index contributed by atoms with van der Waals surface area (Å²) in [5.41, 5.74) is 3.13. The van der Waals surface area contributed by atoms with Crippen LogP contribution >= 0.6 is 0 Å². The van der Waals surface area contributed by atoms with Crippen molar-refractivity contribution in [1.29, 1.82) is 0 Å². The van der Waals surface area contributed by atoms with E-state index >= 15 is 0 Å². The lowest BCUT2D eigenvalue weighted by molar-refractivity contribution is 0.462. The van der Waals surface area contributed by atoms with Crippen molar-refractivity contribution in [2.24, 2.45) is 0 Å². The molecule has 1 saturated carbocycles. The van der Waals surface area contributed by atoms with Crippen LogP contribution in [0, 0.1) is 0 Å². The van der Waals surface area contributed by atoms with E-state index in [9.17, 15) is 0 Å². The second kappa shape index (κ2) is 7.47. The van der Waals surface area contributed by atoms with Crippen LogP contribution in [0.2, 0.25) is 0 Å². The molecule has 126 valence electrons. The Morgan fingerprint density at radius 2 is 1.36 bits per heavy atom. The molecule has 1 fully saturated rings. The molecule has 0 spiro atoms. The minimum atomic E-state index is 0.524. The topological polar surface area (TPSA) is 37.8 Å². The predicted octanol–water partition coefficient (Wildman–Crippen LogP) is 5.56. The summed E-state index contributed by atoms with van der Waals surface area (Å²) in [5.74, 6) is 1.71. The predicted molar refractivity (Wildman–Crippen MR) is 103 cm³/mol. The van der Waals surface area contributed by atoms with E-state index in [0.29, 0.717) is 6.04 Å². The van der Waals surface area contributed by atoms with Crippen LogP contribution in [-0.4, -0.2) is 16.0 Å². The average Bonchev–Trinajstić information content (AvgIpc) is 2.70. The third-order valence-electron chi connectivity index (χ3n) is 4.78. The van der Waals surface area contributed by atoms with Gasteiger partial charge in [0.1, 0.15) is 5.82 Å². The first-order valence-electron chi connectivity index (χ1n) is 9.15. The Bertz CT molecular complexity index is 751. The number of nitrogens with one attached hydrogen (secondary N) is 1. The van der Waals surface area contributed by atoms with Crippen molar-refractivity contribution < 1.29 is 0 Å². The molecule has 1 aromatic heterocycles. The molecule has 0 aliphatic heterocycles. The van der Waals surface area contributed by atoms with Gasteiger partial charge in [-0.3, -0.25) is 0 Å². The monoisotopic (exact) mass is 329 g/mol. The van der Waals surface area contributed by atoms with Crippen molar-refractivity contribution in [2.75, 3.05) is 5.32 Å². The average molecular weight is 329 g/mol. The summed E-state index contributed by atoms with van der Waals surface area (Å²) in [5, 5.41) is 3.65. The Balaban J connectivity index is 1.72. The number of aromatic nitrogens is 2. The summed E-state index contributed by atoms with van der Waals surface area (Å²) >= 11 is 0. The van der Waals surface area contributed by atoms with Gasteiger partial charge in [0, 0.05) is 23.2 Å². The largest absolute Gasteiger partial charge is 0.367 e. The number of nitrogens with zero attached hydrogens (tertiary/aromatic N) is 2. The molecule has 4 rings (SSSR count). The van der Waals surface area contributed by atoms with Crippen LogP contribution < -0.4 is 5.32 Å². The molecule has 3 nitrogen and oxygen atoms in total. The maximum Gasteiger partial charge on any atom is 0.162 e. The normalized spacial score (nSPS) is 15.0. The van der Waals surface area contributed by atoms with Crippen molar-refractivity contribution >= 4 is 5.82 Å². The van der Waals surface area contributed by atoms with Crippen LogP contribution in [0.3, 0.4) is 0 Å². The zero-order valence-corrected chi connectivity index (χ0v) is 14.4. The number of anilines is 1.